The number of nitrogens with zero attached hydrogens (tertiary/aromatic N) is 1. The third kappa shape index (κ3) is 2.53. The average molecular weight is 399 g/mol. The topological polar surface area (TPSA) is 80.3 Å². The van der Waals surface area contributed by atoms with Gasteiger partial charge in [-0.3, -0.25) is 14.5 Å². The molecule has 1 aromatic heterocycles. The predicted octanol–water partition coefficient (Wildman–Crippen LogP) is 1.45. The molecule has 2 amide bonds. The van der Waals surface area contributed by atoms with E-state index in [0.29, 0.717) is 12.1 Å². The van der Waals surface area contributed by atoms with E-state index in [4.69, 9.17) is 4.74 Å². The lowest BCUT2D eigenvalue weighted by molar-refractivity contribution is -0.742. The van der Waals surface area contributed by atoms with Crippen LogP contribution in [0.15, 0.2) is 47.8 Å². The van der Waals surface area contributed by atoms with Crippen molar-refractivity contribution >= 4 is 29.1 Å². The van der Waals surface area contributed by atoms with Crippen molar-refractivity contribution < 1.29 is 24.4 Å². The van der Waals surface area contributed by atoms with E-state index in [1.807, 2.05) is 53.2 Å². The van der Waals surface area contributed by atoms with Crippen LogP contribution in [-0.4, -0.2) is 35.8 Å². The summed E-state index contributed by atoms with van der Waals surface area (Å²) in [6.45, 7) is 4.05. The van der Waals surface area contributed by atoms with E-state index in [0.717, 1.165) is 4.88 Å². The number of amides is 2. The summed E-state index contributed by atoms with van der Waals surface area (Å²) in [4.78, 5) is 42.1. The van der Waals surface area contributed by atoms with Crippen molar-refractivity contribution in [2.75, 3.05) is 13.2 Å². The first-order valence-electron chi connectivity index (χ1n) is 9.53. The normalized spacial score (nSPS) is 29.2. The van der Waals surface area contributed by atoms with Gasteiger partial charge >= 0.3 is 5.97 Å². The molecule has 2 aliphatic heterocycles. The van der Waals surface area contributed by atoms with Crippen LogP contribution in [0.2, 0.25) is 0 Å². The molecule has 2 fully saturated rings. The molecule has 0 bridgehead atoms. The average Bonchev–Trinajstić information content (AvgIpc) is 3.40. The van der Waals surface area contributed by atoms with Crippen molar-refractivity contribution in [1.29, 1.82) is 0 Å². The van der Waals surface area contributed by atoms with Crippen LogP contribution in [0, 0.1) is 11.8 Å². The molecule has 146 valence electrons. The van der Waals surface area contributed by atoms with E-state index in [2.05, 4.69) is 0 Å². The molecule has 1 aromatic carbocycles. The molecule has 6 nitrogen and oxygen atoms in total. The first-order valence-corrected chi connectivity index (χ1v) is 10.4. The fourth-order valence-corrected chi connectivity index (χ4v) is 5.53. The van der Waals surface area contributed by atoms with Gasteiger partial charge in [0.2, 0.25) is 17.4 Å². The Labute approximate surface area is 167 Å². The number of benzene rings is 1. The quantitative estimate of drug-likeness (QED) is 0.610. The smallest absolute Gasteiger partial charge is 0.373 e. The predicted molar refractivity (Wildman–Crippen MR) is 103 cm³/mol. The van der Waals surface area contributed by atoms with Crippen molar-refractivity contribution in [2.45, 2.75) is 25.4 Å². The third-order valence-electron chi connectivity index (χ3n) is 5.81. The zero-order valence-corrected chi connectivity index (χ0v) is 16.6. The summed E-state index contributed by atoms with van der Waals surface area (Å²) in [5, 5.41) is 3.84. The number of nitrogens with two attached hydrogens (primary N) is 1. The SMILES string of the molecule is CCOC(=O)[C@]1(c2ccccc2)[NH2+][C@H](c2cccs2)[C@@H]2C(=O)N(CC)C(=O)[C@H]21. The van der Waals surface area contributed by atoms with E-state index in [9.17, 15) is 14.4 Å². The zero-order chi connectivity index (χ0) is 19.9. The number of imide groups is 1. The molecule has 2 N–H and O–H groups in total. The first-order chi connectivity index (χ1) is 13.6. The summed E-state index contributed by atoms with van der Waals surface area (Å²) < 4.78 is 5.46. The number of rotatable bonds is 5. The van der Waals surface area contributed by atoms with Crippen molar-refractivity contribution in [3.8, 4) is 0 Å². The summed E-state index contributed by atoms with van der Waals surface area (Å²) in [5.74, 6) is -2.32. The molecule has 2 saturated heterocycles. The lowest BCUT2D eigenvalue weighted by Crippen LogP contribution is -2.96. The second-order valence-electron chi connectivity index (χ2n) is 7.09. The van der Waals surface area contributed by atoms with Crippen LogP contribution < -0.4 is 5.32 Å². The minimum absolute atomic E-state index is 0.200. The van der Waals surface area contributed by atoms with Gasteiger partial charge in [0, 0.05) is 12.1 Å². The molecule has 7 heteroatoms. The largest absolute Gasteiger partial charge is 0.461 e. The molecule has 4 atom stereocenters. The van der Waals surface area contributed by atoms with Gasteiger partial charge in [0.05, 0.1) is 11.5 Å². The van der Waals surface area contributed by atoms with Crippen LogP contribution in [-0.2, 0) is 24.7 Å². The Morgan fingerprint density at radius 2 is 1.89 bits per heavy atom. The summed E-state index contributed by atoms with van der Waals surface area (Å²) in [7, 11) is 0. The molecule has 2 aromatic rings. The Kier molecular flexibility index (Phi) is 4.81. The van der Waals surface area contributed by atoms with Gasteiger partial charge in [0.25, 0.3) is 0 Å². The standard InChI is InChI=1S/C21H22N2O4S/c1-3-23-18(24)15-16(19(23)25)21(20(26)27-4-2,13-9-6-5-7-10-13)22-17(15)14-11-8-12-28-14/h5-12,15-17,22H,3-4H2,1-2H3/p+1/t15-,16+,17-,21-/m1/s1. The lowest BCUT2D eigenvalue weighted by Gasteiger charge is -2.29. The number of esters is 1. The number of fused-ring (bicyclic) bond motifs is 1. The first kappa shape index (κ1) is 18.8. The van der Waals surface area contributed by atoms with Crippen LogP contribution in [0.4, 0.5) is 0 Å². The molecule has 0 spiro atoms. The number of ether oxygens (including phenoxy) is 1. The van der Waals surface area contributed by atoms with Crippen molar-refractivity contribution in [2.24, 2.45) is 11.8 Å². The molecule has 0 saturated carbocycles. The number of carbonyl (C=O) groups excluding carboxylic acids is 3. The van der Waals surface area contributed by atoms with Crippen LogP contribution >= 0.6 is 11.3 Å². The Balaban J connectivity index is 1.93. The highest BCUT2D eigenvalue weighted by atomic mass is 32.1. The Morgan fingerprint density at radius 3 is 2.50 bits per heavy atom. The Bertz CT molecular complexity index is 898. The van der Waals surface area contributed by atoms with Crippen molar-refractivity contribution in [1.82, 2.24) is 4.90 Å². The van der Waals surface area contributed by atoms with Crippen molar-refractivity contribution in [3.05, 3.63) is 58.3 Å². The highest BCUT2D eigenvalue weighted by Crippen LogP contribution is 2.49. The maximum atomic E-state index is 13.3. The Morgan fingerprint density at radius 1 is 1.14 bits per heavy atom. The van der Waals surface area contributed by atoms with Gasteiger partial charge in [0.15, 0.2) is 0 Å². The number of hydrogen-bond donors (Lipinski definition) is 1. The number of thiophene rings is 1. The third-order valence-corrected chi connectivity index (χ3v) is 6.79. The Hall–Kier alpha value is -2.51. The minimum Gasteiger partial charge on any atom is -0.461 e. The molecular formula is C21H23N2O4S+. The van der Waals surface area contributed by atoms with E-state index < -0.39 is 23.3 Å². The van der Waals surface area contributed by atoms with Gasteiger partial charge in [-0.2, -0.15) is 0 Å². The molecular weight excluding hydrogens is 376 g/mol. The number of carbonyl (C=O) groups is 3. The van der Waals surface area contributed by atoms with Gasteiger partial charge in [-0.25, -0.2) is 4.79 Å². The van der Waals surface area contributed by atoms with E-state index >= 15 is 0 Å². The van der Waals surface area contributed by atoms with E-state index in [-0.39, 0.29) is 24.5 Å². The maximum absolute atomic E-state index is 13.3. The van der Waals surface area contributed by atoms with Crippen molar-refractivity contribution in [3.63, 3.8) is 0 Å². The van der Waals surface area contributed by atoms with Crippen LogP contribution in [0.25, 0.3) is 0 Å². The van der Waals surface area contributed by atoms with E-state index in [1.54, 1.807) is 13.8 Å². The monoisotopic (exact) mass is 399 g/mol. The molecule has 4 rings (SSSR count). The molecule has 2 aliphatic rings. The van der Waals surface area contributed by atoms with Gasteiger partial charge in [0.1, 0.15) is 17.9 Å². The zero-order valence-electron chi connectivity index (χ0n) is 15.8. The van der Waals surface area contributed by atoms with Crippen LogP contribution in [0.5, 0.6) is 0 Å². The number of quaternary nitrogens is 1. The summed E-state index contributed by atoms with van der Waals surface area (Å²) in [6, 6.07) is 12.8. The fraction of sp³-hybridized carbons (Fsp3) is 0.381. The second-order valence-corrected chi connectivity index (χ2v) is 8.07. The molecule has 0 aliphatic carbocycles. The highest BCUT2D eigenvalue weighted by Gasteiger charge is 2.73. The summed E-state index contributed by atoms with van der Waals surface area (Å²) in [5.41, 5.74) is -0.575. The maximum Gasteiger partial charge on any atom is 0.373 e. The summed E-state index contributed by atoms with van der Waals surface area (Å²) in [6.07, 6.45) is 0. The molecule has 28 heavy (non-hydrogen) atoms. The highest BCUT2D eigenvalue weighted by molar-refractivity contribution is 7.10. The van der Waals surface area contributed by atoms with Crippen LogP contribution in [0.1, 0.15) is 30.3 Å². The van der Waals surface area contributed by atoms with Gasteiger partial charge in [-0.15, -0.1) is 11.3 Å². The molecule has 0 radical (unpaired) electrons. The second kappa shape index (κ2) is 7.14. The number of likely N-dealkylation sites (tertiary alicyclic amines) is 1. The van der Waals surface area contributed by atoms with Crippen LogP contribution in [0.3, 0.4) is 0 Å². The lowest BCUT2D eigenvalue weighted by atomic mass is 9.75. The van der Waals surface area contributed by atoms with Gasteiger partial charge in [-0.1, -0.05) is 36.4 Å². The van der Waals surface area contributed by atoms with E-state index in [1.165, 1.54) is 16.2 Å². The molecule has 0 unspecified atom stereocenters. The minimum atomic E-state index is -1.27. The number of hydrogen-bond acceptors (Lipinski definition) is 5. The van der Waals surface area contributed by atoms with Gasteiger partial charge < -0.3 is 10.1 Å². The summed E-state index contributed by atoms with van der Waals surface area (Å²) >= 11 is 1.54. The van der Waals surface area contributed by atoms with Gasteiger partial charge in [-0.05, 0) is 25.3 Å². The fourth-order valence-electron chi connectivity index (χ4n) is 4.69. The molecule has 3 heterocycles.